The van der Waals surface area contributed by atoms with Crippen LogP contribution in [0.5, 0.6) is 5.88 Å². The van der Waals surface area contributed by atoms with Crippen molar-refractivity contribution in [2.24, 2.45) is 10.9 Å². The van der Waals surface area contributed by atoms with E-state index in [1.54, 1.807) is 6.21 Å². The van der Waals surface area contributed by atoms with Gasteiger partial charge in [0.2, 0.25) is 0 Å². The number of aromatic nitrogens is 1. The van der Waals surface area contributed by atoms with Crippen LogP contribution in [0.3, 0.4) is 0 Å². The smallest absolute Gasteiger partial charge is 0.198 e. The van der Waals surface area contributed by atoms with Gasteiger partial charge in [-0.3, -0.25) is 4.99 Å². The van der Waals surface area contributed by atoms with E-state index in [4.69, 9.17) is 0 Å². The first kappa shape index (κ1) is 16.7. The van der Waals surface area contributed by atoms with Crippen molar-refractivity contribution in [3.05, 3.63) is 53.6 Å². The standard InChI is InChI=1S/C22H25N3O/c1-15-9-11-25(12-10-15)18-6-4-17(5-7-18)23-14-20-19-13-16(2)3-8-21(19)24-22(20)26/h3-8,13-15,24,26H,9-12H2,1-2H3. The molecule has 0 spiro atoms. The van der Waals surface area contributed by atoms with Crippen molar-refractivity contribution in [2.75, 3.05) is 18.0 Å². The molecule has 0 radical (unpaired) electrons. The average molecular weight is 347 g/mol. The quantitative estimate of drug-likeness (QED) is 0.642. The maximum absolute atomic E-state index is 10.2. The van der Waals surface area contributed by atoms with Crippen LogP contribution < -0.4 is 4.90 Å². The molecule has 0 saturated carbocycles. The zero-order valence-electron chi connectivity index (χ0n) is 15.4. The zero-order valence-corrected chi connectivity index (χ0v) is 15.4. The largest absolute Gasteiger partial charge is 0.494 e. The lowest BCUT2D eigenvalue weighted by Gasteiger charge is -2.32. The van der Waals surface area contributed by atoms with Gasteiger partial charge in [-0.2, -0.15) is 0 Å². The number of aromatic amines is 1. The number of hydrogen-bond acceptors (Lipinski definition) is 3. The van der Waals surface area contributed by atoms with Gasteiger partial charge in [0, 0.05) is 35.9 Å². The summed E-state index contributed by atoms with van der Waals surface area (Å²) < 4.78 is 0. The highest BCUT2D eigenvalue weighted by atomic mass is 16.3. The van der Waals surface area contributed by atoms with Gasteiger partial charge in [-0.15, -0.1) is 0 Å². The van der Waals surface area contributed by atoms with Gasteiger partial charge in [-0.05, 0) is 62.1 Å². The SMILES string of the molecule is Cc1ccc2[nH]c(O)c(C=Nc3ccc(N4CCC(C)CC4)cc3)c2c1. The van der Waals surface area contributed by atoms with Crippen LogP contribution in [0.25, 0.3) is 10.9 Å². The van der Waals surface area contributed by atoms with Crippen molar-refractivity contribution in [1.82, 2.24) is 4.98 Å². The number of rotatable bonds is 3. The van der Waals surface area contributed by atoms with Crippen LogP contribution >= 0.6 is 0 Å². The highest BCUT2D eigenvalue weighted by molar-refractivity contribution is 6.02. The van der Waals surface area contributed by atoms with E-state index < -0.39 is 0 Å². The Balaban J connectivity index is 1.54. The second kappa shape index (κ2) is 6.87. The lowest BCUT2D eigenvalue weighted by molar-refractivity contribution is 0.438. The van der Waals surface area contributed by atoms with Crippen LogP contribution in [0.4, 0.5) is 11.4 Å². The summed E-state index contributed by atoms with van der Waals surface area (Å²) in [4.78, 5) is 10.0. The number of hydrogen-bond donors (Lipinski definition) is 2. The van der Waals surface area contributed by atoms with Gasteiger partial charge >= 0.3 is 0 Å². The predicted molar refractivity (Wildman–Crippen MR) is 109 cm³/mol. The highest BCUT2D eigenvalue weighted by Crippen LogP contribution is 2.28. The lowest BCUT2D eigenvalue weighted by Crippen LogP contribution is -2.32. The number of piperidine rings is 1. The van der Waals surface area contributed by atoms with Crippen LogP contribution in [-0.2, 0) is 0 Å². The Morgan fingerprint density at radius 2 is 1.85 bits per heavy atom. The maximum atomic E-state index is 10.2. The summed E-state index contributed by atoms with van der Waals surface area (Å²) in [5, 5.41) is 11.2. The molecule has 1 aromatic heterocycles. The second-order valence-electron chi connectivity index (χ2n) is 7.38. The monoisotopic (exact) mass is 347 g/mol. The maximum Gasteiger partial charge on any atom is 0.198 e. The molecule has 26 heavy (non-hydrogen) atoms. The molecule has 0 unspecified atom stereocenters. The predicted octanol–water partition coefficient (Wildman–Crippen LogP) is 5.17. The van der Waals surface area contributed by atoms with Gasteiger partial charge in [0.15, 0.2) is 5.88 Å². The first-order valence-corrected chi connectivity index (χ1v) is 9.30. The van der Waals surface area contributed by atoms with Crippen LogP contribution in [0, 0.1) is 12.8 Å². The van der Waals surface area contributed by atoms with Crippen LogP contribution in [0.2, 0.25) is 0 Å². The third-order valence-electron chi connectivity index (χ3n) is 5.31. The van der Waals surface area contributed by atoms with E-state index in [1.165, 1.54) is 18.5 Å². The molecule has 0 aliphatic carbocycles. The molecule has 134 valence electrons. The third-order valence-corrected chi connectivity index (χ3v) is 5.31. The van der Waals surface area contributed by atoms with Crippen molar-refractivity contribution in [1.29, 1.82) is 0 Å². The second-order valence-corrected chi connectivity index (χ2v) is 7.38. The van der Waals surface area contributed by atoms with Gasteiger partial charge < -0.3 is 15.0 Å². The number of nitrogens with zero attached hydrogens (tertiary/aromatic N) is 2. The van der Waals surface area contributed by atoms with Crippen molar-refractivity contribution in [3.8, 4) is 5.88 Å². The summed E-state index contributed by atoms with van der Waals surface area (Å²) >= 11 is 0. The summed E-state index contributed by atoms with van der Waals surface area (Å²) in [6.45, 7) is 6.64. The van der Waals surface area contributed by atoms with Gasteiger partial charge in [0.1, 0.15) is 0 Å². The molecule has 1 aliphatic rings. The molecular weight excluding hydrogens is 322 g/mol. The molecule has 2 heterocycles. The fourth-order valence-corrected chi connectivity index (χ4v) is 3.60. The molecule has 2 N–H and O–H groups in total. The minimum absolute atomic E-state index is 0.161. The van der Waals surface area contributed by atoms with Crippen molar-refractivity contribution in [3.63, 3.8) is 0 Å². The van der Waals surface area contributed by atoms with Crippen molar-refractivity contribution in [2.45, 2.75) is 26.7 Å². The van der Waals surface area contributed by atoms with Crippen molar-refractivity contribution < 1.29 is 5.11 Å². The Labute approximate surface area is 154 Å². The Bertz CT molecular complexity index is 932. The Hall–Kier alpha value is -2.75. The Morgan fingerprint density at radius 3 is 2.58 bits per heavy atom. The average Bonchev–Trinajstić information content (AvgIpc) is 2.96. The van der Waals surface area contributed by atoms with Gasteiger partial charge in [-0.25, -0.2) is 0 Å². The lowest BCUT2D eigenvalue weighted by atomic mass is 9.99. The summed E-state index contributed by atoms with van der Waals surface area (Å²) in [6, 6.07) is 14.4. The van der Waals surface area contributed by atoms with E-state index in [0.717, 1.165) is 46.7 Å². The van der Waals surface area contributed by atoms with Crippen molar-refractivity contribution >= 4 is 28.5 Å². The first-order chi connectivity index (χ1) is 12.6. The Morgan fingerprint density at radius 1 is 1.12 bits per heavy atom. The third kappa shape index (κ3) is 3.32. The fraction of sp³-hybridized carbons (Fsp3) is 0.318. The van der Waals surface area contributed by atoms with E-state index in [1.807, 2.05) is 31.2 Å². The van der Waals surface area contributed by atoms with Gasteiger partial charge in [0.05, 0.1) is 11.3 Å². The Kier molecular flexibility index (Phi) is 4.41. The number of aromatic hydroxyl groups is 1. The van der Waals surface area contributed by atoms with E-state index in [2.05, 4.69) is 40.0 Å². The number of fused-ring (bicyclic) bond motifs is 1. The molecule has 4 nitrogen and oxygen atoms in total. The van der Waals surface area contributed by atoms with E-state index >= 15 is 0 Å². The summed E-state index contributed by atoms with van der Waals surface area (Å²) in [5.74, 6) is 0.996. The molecule has 1 saturated heterocycles. The van der Waals surface area contributed by atoms with E-state index in [9.17, 15) is 5.11 Å². The molecule has 3 aromatic rings. The number of anilines is 1. The molecule has 0 atom stereocenters. The van der Waals surface area contributed by atoms with Crippen LogP contribution in [0.15, 0.2) is 47.5 Å². The summed E-state index contributed by atoms with van der Waals surface area (Å²) in [5.41, 5.74) is 4.97. The van der Waals surface area contributed by atoms with Gasteiger partial charge in [0.25, 0.3) is 0 Å². The fourth-order valence-electron chi connectivity index (χ4n) is 3.60. The minimum atomic E-state index is 0.161. The van der Waals surface area contributed by atoms with Gasteiger partial charge in [-0.1, -0.05) is 18.6 Å². The number of aliphatic imine (C=N–C) groups is 1. The number of nitrogens with one attached hydrogen (secondary N) is 1. The normalized spacial score (nSPS) is 16.0. The molecular formula is C22H25N3O. The molecule has 1 fully saturated rings. The zero-order chi connectivity index (χ0) is 18.1. The molecule has 0 bridgehead atoms. The number of aryl methyl sites for hydroxylation is 1. The summed E-state index contributed by atoms with van der Waals surface area (Å²) in [6.07, 6.45) is 4.27. The van der Waals surface area contributed by atoms with E-state index in [-0.39, 0.29) is 5.88 Å². The molecule has 4 rings (SSSR count). The van der Waals surface area contributed by atoms with E-state index in [0.29, 0.717) is 0 Å². The summed E-state index contributed by atoms with van der Waals surface area (Å²) in [7, 11) is 0. The molecule has 4 heteroatoms. The van der Waals surface area contributed by atoms with Crippen LogP contribution in [-0.4, -0.2) is 29.4 Å². The first-order valence-electron chi connectivity index (χ1n) is 9.30. The molecule has 0 amide bonds. The number of benzene rings is 2. The molecule has 2 aromatic carbocycles. The molecule has 1 aliphatic heterocycles. The topological polar surface area (TPSA) is 51.6 Å². The highest BCUT2D eigenvalue weighted by Gasteiger charge is 2.15. The number of H-pyrrole nitrogens is 1. The van der Waals surface area contributed by atoms with Crippen LogP contribution in [0.1, 0.15) is 30.9 Å². The minimum Gasteiger partial charge on any atom is -0.494 e.